The number of phenols is 2. The van der Waals surface area contributed by atoms with Crippen LogP contribution in [-0.4, -0.2) is 34.2 Å². The van der Waals surface area contributed by atoms with E-state index in [0.717, 1.165) is 12.8 Å². The standard InChI is InChI=1S/C27H32O6/c1-16(2)7-6-8-17(3)9-10-32-21-12-19-11-20-14-27(5,33-18(4)28)15-23(30)25(20)26(31)24(19)22(29)13-21/h7,9,11-13,29,31H,6,8,10,14-15H2,1-5H3/b17-9+. The van der Waals surface area contributed by atoms with Gasteiger partial charge in [0.2, 0.25) is 0 Å². The van der Waals surface area contributed by atoms with Crippen molar-refractivity contribution in [3.63, 3.8) is 0 Å². The Morgan fingerprint density at radius 1 is 1.09 bits per heavy atom. The van der Waals surface area contributed by atoms with Crippen molar-refractivity contribution in [2.75, 3.05) is 6.61 Å². The molecule has 1 atom stereocenters. The molecule has 6 nitrogen and oxygen atoms in total. The summed E-state index contributed by atoms with van der Waals surface area (Å²) < 4.78 is 11.2. The molecule has 1 aliphatic carbocycles. The lowest BCUT2D eigenvalue weighted by molar-refractivity contribution is -0.155. The second-order valence-electron chi connectivity index (χ2n) is 9.30. The average molecular weight is 453 g/mol. The number of esters is 1. The quantitative estimate of drug-likeness (QED) is 0.409. The predicted molar refractivity (Wildman–Crippen MR) is 128 cm³/mol. The van der Waals surface area contributed by atoms with Gasteiger partial charge in [0.15, 0.2) is 5.78 Å². The number of carbonyl (C=O) groups excluding carboxylic acids is 2. The highest BCUT2D eigenvalue weighted by molar-refractivity contribution is 6.09. The summed E-state index contributed by atoms with van der Waals surface area (Å²) in [6.45, 7) is 9.58. The maximum absolute atomic E-state index is 12.8. The molecule has 2 aromatic carbocycles. The first-order valence-corrected chi connectivity index (χ1v) is 11.2. The minimum absolute atomic E-state index is 0.0279. The Hall–Kier alpha value is -3.28. The first kappa shape index (κ1) is 24.4. The molecular weight excluding hydrogens is 420 g/mol. The molecule has 33 heavy (non-hydrogen) atoms. The van der Waals surface area contributed by atoms with Crippen LogP contribution in [0.3, 0.4) is 0 Å². The van der Waals surface area contributed by atoms with E-state index in [-0.39, 0.29) is 41.1 Å². The zero-order valence-electron chi connectivity index (χ0n) is 19.9. The van der Waals surface area contributed by atoms with Gasteiger partial charge in [0.1, 0.15) is 29.5 Å². The third-order valence-corrected chi connectivity index (χ3v) is 5.79. The van der Waals surface area contributed by atoms with Crippen LogP contribution in [0, 0.1) is 0 Å². The van der Waals surface area contributed by atoms with E-state index in [9.17, 15) is 19.8 Å². The number of benzene rings is 2. The molecule has 0 amide bonds. The molecule has 6 heteroatoms. The lowest BCUT2D eigenvalue weighted by Crippen LogP contribution is -2.40. The summed E-state index contributed by atoms with van der Waals surface area (Å²) in [5.74, 6) is -0.744. The second kappa shape index (κ2) is 9.69. The van der Waals surface area contributed by atoms with Crippen molar-refractivity contribution in [1.82, 2.24) is 0 Å². The highest BCUT2D eigenvalue weighted by atomic mass is 16.6. The Balaban J connectivity index is 1.87. The molecule has 0 saturated carbocycles. The SMILES string of the molecule is CC(=O)OC1(C)CC(=O)c2c(cc3cc(OC/C=C(\C)CCC=C(C)C)cc(O)c3c2O)C1. The molecule has 1 unspecified atom stereocenters. The molecule has 0 fully saturated rings. The molecular formula is C27H32O6. The summed E-state index contributed by atoms with van der Waals surface area (Å²) in [7, 11) is 0. The molecule has 2 N–H and O–H groups in total. The van der Waals surface area contributed by atoms with Gasteiger partial charge in [-0.05, 0) is 69.7 Å². The molecule has 3 rings (SSSR count). The van der Waals surface area contributed by atoms with Crippen molar-refractivity contribution in [2.24, 2.45) is 0 Å². The fourth-order valence-electron chi connectivity index (χ4n) is 4.35. The number of aromatic hydroxyl groups is 2. The molecule has 0 saturated heterocycles. The molecule has 0 radical (unpaired) electrons. The van der Waals surface area contributed by atoms with Gasteiger partial charge in [-0.2, -0.15) is 0 Å². The van der Waals surface area contributed by atoms with E-state index in [4.69, 9.17) is 9.47 Å². The van der Waals surface area contributed by atoms with Crippen LogP contribution < -0.4 is 4.74 Å². The van der Waals surface area contributed by atoms with Crippen LogP contribution in [-0.2, 0) is 16.0 Å². The van der Waals surface area contributed by atoms with Gasteiger partial charge in [-0.15, -0.1) is 0 Å². The van der Waals surface area contributed by atoms with E-state index in [1.165, 1.54) is 24.1 Å². The number of phenolic OH excluding ortho intramolecular Hbond substituents is 2. The minimum Gasteiger partial charge on any atom is -0.507 e. The van der Waals surface area contributed by atoms with E-state index in [2.05, 4.69) is 26.8 Å². The smallest absolute Gasteiger partial charge is 0.303 e. The Bertz CT molecular complexity index is 1150. The second-order valence-corrected chi connectivity index (χ2v) is 9.30. The van der Waals surface area contributed by atoms with Crippen molar-refractivity contribution in [1.29, 1.82) is 0 Å². The maximum atomic E-state index is 12.8. The Morgan fingerprint density at radius 3 is 2.48 bits per heavy atom. The zero-order valence-corrected chi connectivity index (χ0v) is 19.9. The van der Waals surface area contributed by atoms with Crippen LogP contribution in [0.2, 0.25) is 0 Å². The minimum atomic E-state index is -0.972. The molecule has 1 aliphatic rings. The van der Waals surface area contributed by atoms with Gasteiger partial charge in [-0.25, -0.2) is 0 Å². The largest absolute Gasteiger partial charge is 0.507 e. The fourth-order valence-corrected chi connectivity index (χ4v) is 4.35. The number of hydrogen-bond donors (Lipinski definition) is 2. The van der Waals surface area contributed by atoms with Gasteiger partial charge in [-0.1, -0.05) is 17.2 Å². The number of hydrogen-bond acceptors (Lipinski definition) is 6. The van der Waals surface area contributed by atoms with E-state index in [0.29, 0.717) is 23.3 Å². The zero-order chi connectivity index (χ0) is 24.3. The van der Waals surface area contributed by atoms with E-state index >= 15 is 0 Å². The van der Waals surface area contributed by atoms with Gasteiger partial charge in [0.25, 0.3) is 0 Å². The van der Waals surface area contributed by atoms with Gasteiger partial charge in [0.05, 0.1) is 17.4 Å². The van der Waals surface area contributed by atoms with Crippen LogP contribution in [0.25, 0.3) is 10.8 Å². The predicted octanol–water partition coefficient (Wildman–Crippen LogP) is 5.77. The summed E-state index contributed by atoms with van der Waals surface area (Å²) in [4.78, 5) is 24.3. The van der Waals surface area contributed by atoms with Crippen molar-refractivity contribution in [2.45, 2.75) is 65.9 Å². The van der Waals surface area contributed by atoms with Crippen LogP contribution in [0.15, 0.2) is 41.5 Å². The van der Waals surface area contributed by atoms with Gasteiger partial charge in [0, 0.05) is 19.4 Å². The van der Waals surface area contributed by atoms with Gasteiger partial charge >= 0.3 is 5.97 Å². The lowest BCUT2D eigenvalue weighted by atomic mass is 9.79. The molecule has 0 bridgehead atoms. The van der Waals surface area contributed by atoms with Gasteiger partial charge < -0.3 is 19.7 Å². The maximum Gasteiger partial charge on any atom is 0.303 e. The molecule has 2 aromatic rings. The third-order valence-electron chi connectivity index (χ3n) is 5.79. The van der Waals surface area contributed by atoms with Gasteiger partial charge in [-0.3, -0.25) is 9.59 Å². The normalized spacial score (nSPS) is 18.1. The first-order chi connectivity index (χ1) is 15.5. The van der Waals surface area contributed by atoms with Crippen LogP contribution in [0.1, 0.15) is 69.8 Å². The summed E-state index contributed by atoms with van der Waals surface area (Å²) in [6.07, 6.45) is 6.40. The van der Waals surface area contributed by atoms with Crippen molar-refractivity contribution >= 4 is 22.5 Å². The van der Waals surface area contributed by atoms with E-state index in [1.807, 2.05) is 6.08 Å². The van der Waals surface area contributed by atoms with Crippen molar-refractivity contribution < 1.29 is 29.3 Å². The fraction of sp³-hybridized carbons (Fsp3) is 0.407. The molecule has 0 aromatic heterocycles. The lowest BCUT2D eigenvalue weighted by Gasteiger charge is -2.33. The van der Waals surface area contributed by atoms with Crippen LogP contribution >= 0.6 is 0 Å². The number of carbonyl (C=O) groups is 2. The number of rotatable bonds is 7. The van der Waals surface area contributed by atoms with Crippen LogP contribution in [0.4, 0.5) is 0 Å². The number of ether oxygens (including phenoxy) is 2. The Labute approximate surface area is 194 Å². The molecule has 0 spiro atoms. The first-order valence-electron chi connectivity index (χ1n) is 11.2. The summed E-state index contributed by atoms with van der Waals surface area (Å²) in [6, 6.07) is 4.91. The Morgan fingerprint density at radius 2 is 1.82 bits per heavy atom. The summed E-state index contributed by atoms with van der Waals surface area (Å²) in [5.41, 5.74) is 2.29. The highest BCUT2D eigenvalue weighted by Crippen LogP contribution is 2.44. The average Bonchev–Trinajstić information content (AvgIpc) is 2.65. The third kappa shape index (κ3) is 5.75. The number of fused-ring (bicyclic) bond motifs is 2. The Kier molecular flexibility index (Phi) is 7.15. The summed E-state index contributed by atoms with van der Waals surface area (Å²) in [5, 5.41) is 22.1. The highest BCUT2D eigenvalue weighted by Gasteiger charge is 2.39. The number of Topliss-reactive ketones (excluding diaryl/α,β-unsaturated/α-hetero) is 1. The topological polar surface area (TPSA) is 93.1 Å². The molecule has 176 valence electrons. The molecule has 0 aliphatic heterocycles. The molecule has 0 heterocycles. The number of allylic oxidation sites excluding steroid dienone is 3. The summed E-state index contributed by atoms with van der Waals surface area (Å²) >= 11 is 0. The van der Waals surface area contributed by atoms with Crippen molar-refractivity contribution in [3.05, 3.63) is 52.6 Å². The number of ketones is 1. The van der Waals surface area contributed by atoms with E-state index in [1.54, 1.807) is 19.1 Å². The van der Waals surface area contributed by atoms with E-state index < -0.39 is 11.6 Å². The van der Waals surface area contributed by atoms with Crippen molar-refractivity contribution in [3.8, 4) is 17.2 Å². The van der Waals surface area contributed by atoms with Crippen LogP contribution in [0.5, 0.6) is 17.2 Å². The monoisotopic (exact) mass is 452 g/mol.